The van der Waals surface area contributed by atoms with Crippen LogP contribution < -0.4 is 4.74 Å². The van der Waals surface area contributed by atoms with E-state index in [0.29, 0.717) is 12.8 Å². The second-order valence-corrected chi connectivity index (χ2v) is 4.56. The van der Waals surface area contributed by atoms with Gasteiger partial charge >= 0.3 is 0 Å². The predicted octanol–water partition coefficient (Wildman–Crippen LogP) is 2.39. The van der Waals surface area contributed by atoms with E-state index in [2.05, 4.69) is 0 Å². The lowest BCUT2D eigenvalue weighted by atomic mass is 10.1. The average molecular weight is 251 g/mol. The Morgan fingerprint density at radius 1 is 1.39 bits per heavy atom. The SMILES string of the molecule is COc1cc(CCC(=O)N2CCCC2)ccc1F. The van der Waals surface area contributed by atoms with E-state index in [-0.39, 0.29) is 17.5 Å². The van der Waals surface area contributed by atoms with E-state index in [1.54, 1.807) is 12.1 Å². The Kier molecular flexibility index (Phi) is 4.18. The van der Waals surface area contributed by atoms with Gasteiger partial charge in [0, 0.05) is 19.5 Å². The molecule has 0 unspecified atom stereocenters. The Morgan fingerprint density at radius 3 is 2.78 bits per heavy atom. The van der Waals surface area contributed by atoms with Crippen LogP contribution in [0.4, 0.5) is 4.39 Å². The molecule has 0 radical (unpaired) electrons. The number of aryl methyl sites for hydroxylation is 1. The average Bonchev–Trinajstić information content (AvgIpc) is 2.91. The monoisotopic (exact) mass is 251 g/mol. The summed E-state index contributed by atoms with van der Waals surface area (Å²) in [4.78, 5) is 13.8. The number of carbonyl (C=O) groups excluding carboxylic acids is 1. The molecule has 1 aromatic carbocycles. The van der Waals surface area contributed by atoms with E-state index in [9.17, 15) is 9.18 Å². The van der Waals surface area contributed by atoms with Gasteiger partial charge in [-0.05, 0) is 37.0 Å². The Balaban J connectivity index is 1.91. The molecule has 0 spiro atoms. The minimum absolute atomic E-state index is 0.191. The summed E-state index contributed by atoms with van der Waals surface area (Å²) in [5.41, 5.74) is 0.931. The Morgan fingerprint density at radius 2 is 2.11 bits per heavy atom. The van der Waals surface area contributed by atoms with Gasteiger partial charge in [-0.2, -0.15) is 0 Å². The van der Waals surface area contributed by atoms with Crippen molar-refractivity contribution < 1.29 is 13.9 Å². The largest absolute Gasteiger partial charge is 0.494 e. The summed E-state index contributed by atoms with van der Waals surface area (Å²) in [5.74, 6) is 0.0593. The van der Waals surface area contributed by atoms with E-state index in [1.165, 1.54) is 13.2 Å². The van der Waals surface area contributed by atoms with Gasteiger partial charge in [-0.15, -0.1) is 0 Å². The van der Waals surface area contributed by atoms with Gasteiger partial charge in [0.2, 0.25) is 5.91 Å². The molecule has 1 amide bonds. The van der Waals surface area contributed by atoms with Crippen molar-refractivity contribution in [3.63, 3.8) is 0 Å². The molecule has 1 aromatic rings. The molecule has 1 fully saturated rings. The van der Waals surface area contributed by atoms with Crippen molar-refractivity contribution in [1.82, 2.24) is 4.90 Å². The van der Waals surface area contributed by atoms with Gasteiger partial charge in [0.1, 0.15) is 0 Å². The lowest BCUT2D eigenvalue weighted by Crippen LogP contribution is -2.27. The molecule has 4 heteroatoms. The number of methoxy groups -OCH3 is 1. The number of rotatable bonds is 4. The number of amides is 1. The molecule has 18 heavy (non-hydrogen) atoms. The summed E-state index contributed by atoms with van der Waals surface area (Å²) in [6.45, 7) is 1.76. The molecule has 0 saturated carbocycles. The van der Waals surface area contributed by atoms with E-state index in [1.807, 2.05) is 4.90 Å². The van der Waals surface area contributed by atoms with E-state index in [4.69, 9.17) is 4.74 Å². The highest BCUT2D eigenvalue weighted by Gasteiger charge is 2.17. The van der Waals surface area contributed by atoms with Crippen molar-refractivity contribution >= 4 is 5.91 Å². The van der Waals surface area contributed by atoms with Gasteiger partial charge in [-0.25, -0.2) is 4.39 Å². The van der Waals surface area contributed by atoms with Crippen LogP contribution in [0.1, 0.15) is 24.8 Å². The number of benzene rings is 1. The molecule has 1 aliphatic heterocycles. The second-order valence-electron chi connectivity index (χ2n) is 4.56. The van der Waals surface area contributed by atoms with Gasteiger partial charge in [-0.1, -0.05) is 6.07 Å². The number of hydrogen-bond acceptors (Lipinski definition) is 2. The highest BCUT2D eigenvalue weighted by atomic mass is 19.1. The smallest absolute Gasteiger partial charge is 0.222 e. The molecule has 98 valence electrons. The summed E-state index contributed by atoms with van der Waals surface area (Å²) in [5, 5.41) is 0. The maximum atomic E-state index is 13.2. The van der Waals surface area contributed by atoms with Crippen LogP contribution in [0.15, 0.2) is 18.2 Å². The zero-order valence-corrected chi connectivity index (χ0v) is 10.6. The van der Waals surface area contributed by atoms with E-state index in [0.717, 1.165) is 31.5 Å². The van der Waals surface area contributed by atoms with Gasteiger partial charge < -0.3 is 9.64 Å². The number of hydrogen-bond donors (Lipinski definition) is 0. The fraction of sp³-hybridized carbons (Fsp3) is 0.500. The van der Waals surface area contributed by atoms with Gasteiger partial charge in [0.05, 0.1) is 7.11 Å². The molecular weight excluding hydrogens is 233 g/mol. The highest BCUT2D eigenvalue weighted by Crippen LogP contribution is 2.19. The molecule has 1 saturated heterocycles. The van der Waals surface area contributed by atoms with Crippen LogP contribution in [-0.2, 0) is 11.2 Å². The quantitative estimate of drug-likeness (QED) is 0.822. The van der Waals surface area contributed by atoms with Crippen LogP contribution in [0, 0.1) is 5.82 Å². The lowest BCUT2D eigenvalue weighted by molar-refractivity contribution is -0.130. The normalized spacial score (nSPS) is 14.9. The minimum Gasteiger partial charge on any atom is -0.494 e. The third kappa shape index (κ3) is 3.00. The molecule has 2 rings (SSSR count). The summed E-state index contributed by atoms with van der Waals surface area (Å²) in [7, 11) is 1.44. The standard InChI is InChI=1S/C14H18FNO2/c1-18-13-10-11(4-6-12(13)15)5-7-14(17)16-8-2-3-9-16/h4,6,10H,2-3,5,7-9H2,1H3. The highest BCUT2D eigenvalue weighted by molar-refractivity contribution is 5.76. The molecule has 0 bridgehead atoms. The summed E-state index contributed by atoms with van der Waals surface area (Å²) < 4.78 is 18.1. The van der Waals surface area contributed by atoms with Crippen LogP contribution >= 0.6 is 0 Å². The van der Waals surface area contributed by atoms with E-state index < -0.39 is 0 Å². The van der Waals surface area contributed by atoms with Crippen molar-refractivity contribution in [2.75, 3.05) is 20.2 Å². The van der Waals surface area contributed by atoms with Crippen molar-refractivity contribution in [3.8, 4) is 5.75 Å². The Labute approximate surface area is 107 Å². The number of ether oxygens (including phenoxy) is 1. The molecule has 1 aliphatic rings. The third-order valence-corrected chi connectivity index (χ3v) is 3.30. The summed E-state index contributed by atoms with van der Waals surface area (Å²) >= 11 is 0. The molecule has 3 nitrogen and oxygen atoms in total. The van der Waals surface area contributed by atoms with Crippen molar-refractivity contribution in [2.45, 2.75) is 25.7 Å². The van der Waals surface area contributed by atoms with Crippen LogP contribution in [0.2, 0.25) is 0 Å². The zero-order valence-electron chi connectivity index (χ0n) is 10.6. The van der Waals surface area contributed by atoms with Gasteiger partial charge in [0.25, 0.3) is 0 Å². The minimum atomic E-state index is -0.368. The van der Waals surface area contributed by atoms with Crippen LogP contribution in [0.25, 0.3) is 0 Å². The maximum absolute atomic E-state index is 13.2. The zero-order chi connectivity index (χ0) is 13.0. The lowest BCUT2D eigenvalue weighted by Gasteiger charge is -2.15. The van der Waals surface area contributed by atoms with Crippen LogP contribution in [0.3, 0.4) is 0 Å². The van der Waals surface area contributed by atoms with Crippen molar-refractivity contribution in [3.05, 3.63) is 29.6 Å². The molecule has 0 N–H and O–H groups in total. The third-order valence-electron chi connectivity index (χ3n) is 3.30. The summed E-state index contributed by atoms with van der Waals surface area (Å²) in [6.07, 6.45) is 3.33. The number of likely N-dealkylation sites (tertiary alicyclic amines) is 1. The second kappa shape index (κ2) is 5.85. The van der Waals surface area contributed by atoms with Gasteiger partial charge in [0.15, 0.2) is 11.6 Å². The molecule has 0 atom stereocenters. The first-order valence-electron chi connectivity index (χ1n) is 6.31. The molecule has 0 aromatic heterocycles. The van der Waals surface area contributed by atoms with Crippen molar-refractivity contribution in [2.24, 2.45) is 0 Å². The van der Waals surface area contributed by atoms with Gasteiger partial charge in [-0.3, -0.25) is 4.79 Å². The fourth-order valence-electron chi connectivity index (χ4n) is 2.24. The van der Waals surface area contributed by atoms with Crippen molar-refractivity contribution in [1.29, 1.82) is 0 Å². The molecular formula is C14H18FNO2. The van der Waals surface area contributed by atoms with Crippen LogP contribution in [0.5, 0.6) is 5.75 Å². The summed E-state index contributed by atoms with van der Waals surface area (Å²) in [6, 6.07) is 4.75. The first-order chi connectivity index (χ1) is 8.70. The Hall–Kier alpha value is -1.58. The Bertz CT molecular complexity index is 428. The van der Waals surface area contributed by atoms with E-state index >= 15 is 0 Å². The number of halogens is 1. The number of nitrogens with zero attached hydrogens (tertiary/aromatic N) is 1. The predicted molar refractivity (Wildman–Crippen MR) is 67.1 cm³/mol. The molecule has 1 heterocycles. The number of carbonyl (C=O) groups is 1. The fourth-order valence-corrected chi connectivity index (χ4v) is 2.24. The first-order valence-corrected chi connectivity index (χ1v) is 6.31. The maximum Gasteiger partial charge on any atom is 0.222 e. The topological polar surface area (TPSA) is 29.5 Å². The van der Waals surface area contributed by atoms with Crippen LogP contribution in [-0.4, -0.2) is 31.0 Å². The first kappa shape index (κ1) is 12.9. The molecule has 0 aliphatic carbocycles.